The van der Waals surface area contributed by atoms with Gasteiger partial charge < -0.3 is 0 Å². The third-order valence-corrected chi connectivity index (χ3v) is 1.71. The Morgan fingerprint density at radius 2 is 1.94 bits per heavy atom. The Bertz CT molecular complexity index is 361. The van der Waals surface area contributed by atoms with Gasteiger partial charge >= 0.3 is 0 Å². The van der Waals surface area contributed by atoms with Crippen LogP contribution in [0.3, 0.4) is 0 Å². The van der Waals surface area contributed by atoms with Gasteiger partial charge in [-0.3, -0.25) is 0 Å². The van der Waals surface area contributed by atoms with Gasteiger partial charge in [0.25, 0.3) is 0 Å². The fourth-order valence-corrected chi connectivity index (χ4v) is 0.915. The summed E-state index contributed by atoms with van der Waals surface area (Å²) in [7, 11) is 0. The van der Waals surface area contributed by atoms with Crippen LogP contribution in [0, 0.1) is 12.3 Å². The molecule has 0 atom stereocenters. The molecular weight excluding hydrogens is 192 g/mol. The van der Waals surface area contributed by atoms with Gasteiger partial charge in [0.1, 0.15) is 0 Å². The molecule has 1 aromatic rings. The Morgan fingerprint density at radius 3 is 2.38 bits per heavy atom. The molecule has 0 spiro atoms. The van der Waals surface area contributed by atoms with Crippen molar-refractivity contribution in [3.63, 3.8) is 0 Å². The van der Waals surface area contributed by atoms with E-state index in [2.05, 4.69) is 19.4 Å². The predicted octanol–water partition coefficient (Wildman–Crippen LogP) is 4.47. The molecule has 0 aliphatic carbocycles. The zero-order chi connectivity index (χ0) is 12.1. The first-order chi connectivity index (χ1) is 7.85. The Morgan fingerprint density at radius 1 is 1.25 bits per heavy atom. The second kappa shape index (κ2) is 11.1. The van der Waals surface area contributed by atoms with Crippen LogP contribution in [0.25, 0.3) is 6.08 Å². The average molecular weight is 210 g/mol. The van der Waals surface area contributed by atoms with Crippen molar-refractivity contribution in [1.29, 1.82) is 0 Å². The molecule has 0 aliphatic heterocycles. The molecule has 0 aliphatic rings. The lowest BCUT2D eigenvalue weighted by atomic mass is 10.2. The Hall–Kier alpha value is -2.00. The van der Waals surface area contributed by atoms with Crippen molar-refractivity contribution in [2.45, 2.75) is 13.3 Å². The average Bonchev–Trinajstić information content (AvgIpc) is 2.36. The zero-order valence-corrected chi connectivity index (χ0v) is 9.77. The summed E-state index contributed by atoms with van der Waals surface area (Å²) in [5, 5.41) is 0. The largest absolute Gasteiger partial charge is 0.115 e. The van der Waals surface area contributed by atoms with Crippen LogP contribution < -0.4 is 0 Å². The van der Waals surface area contributed by atoms with E-state index < -0.39 is 0 Å². The van der Waals surface area contributed by atoms with E-state index in [9.17, 15) is 0 Å². The standard InChI is InChI=1S/C8H8.C8H10/c1-2-8-6-4-3-5-7-8;1-3-5-7-8-6-4-2/h2-7H,1H2;1,5-8H,4H2,2H3/b;7-5-,8-6-. The summed E-state index contributed by atoms with van der Waals surface area (Å²) in [5.74, 6) is 2.39. The quantitative estimate of drug-likeness (QED) is 0.510. The van der Waals surface area contributed by atoms with Gasteiger partial charge in [0.05, 0.1) is 0 Å². The van der Waals surface area contributed by atoms with Gasteiger partial charge in [-0.1, -0.05) is 74.1 Å². The third-order valence-electron chi connectivity index (χ3n) is 1.71. The smallest absolute Gasteiger partial charge is 0.0122 e. The molecule has 0 radical (unpaired) electrons. The number of hydrogen-bond donors (Lipinski definition) is 0. The summed E-state index contributed by atoms with van der Waals surface area (Å²) in [6, 6.07) is 10.0. The maximum Gasteiger partial charge on any atom is -0.0122 e. The van der Waals surface area contributed by atoms with Crippen molar-refractivity contribution >= 4 is 6.08 Å². The van der Waals surface area contributed by atoms with Crippen LogP contribution in [0.5, 0.6) is 0 Å². The van der Waals surface area contributed by atoms with E-state index in [0.717, 1.165) is 6.42 Å². The Kier molecular flexibility index (Phi) is 9.69. The van der Waals surface area contributed by atoms with Gasteiger partial charge in [0, 0.05) is 0 Å². The molecule has 0 nitrogen and oxygen atoms in total. The van der Waals surface area contributed by atoms with E-state index in [1.807, 2.05) is 54.6 Å². The SMILES string of the molecule is C#C/C=C\C=C/CC.C=Cc1ccccc1. The molecule has 0 N–H and O–H groups in total. The molecule has 0 amide bonds. The van der Waals surface area contributed by atoms with Crippen LogP contribution in [-0.2, 0) is 0 Å². The molecule has 1 aromatic carbocycles. The molecular formula is C16H18. The molecule has 16 heavy (non-hydrogen) atoms. The Labute approximate surface area is 99.0 Å². The number of allylic oxidation sites excluding steroid dienone is 4. The lowest BCUT2D eigenvalue weighted by Crippen LogP contribution is -1.63. The van der Waals surface area contributed by atoms with E-state index in [1.165, 1.54) is 5.56 Å². The van der Waals surface area contributed by atoms with E-state index in [4.69, 9.17) is 6.42 Å². The molecule has 0 saturated heterocycles. The summed E-state index contributed by atoms with van der Waals surface area (Å²) in [6.07, 6.45) is 15.4. The van der Waals surface area contributed by atoms with E-state index in [1.54, 1.807) is 6.08 Å². The van der Waals surface area contributed by atoms with Gasteiger partial charge in [0.15, 0.2) is 0 Å². The molecule has 0 heterocycles. The van der Waals surface area contributed by atoms with Crippen LogP contribution in [0.1, 0.15) is 18.9 Å². The maximum atomic E-state index is 4.94. The normalized spacial score (nSPS) is 9.50. The molecule has 0 saturated carbocycles. The number of rotatable bonds is 3. The van der Waals surface area contributed by atoms with E-state index >= 15 is 0 Å². The summed E-state index contributed by atoms with van der Waals surface area (Å²) >= 11 is 0. The topological polar surface area (TPSA) is 0 Å². The molecule has 82 valence electrons. The summed E-state index contributed by atoms with van der Waals surface area (Å²) in [6.45, 7) is 5.71. The lowest BCUT2D eigenvalue weighted by molar-refractivity contribution is 1.22. The monoisotopic (exact) mass is 210 g/mol. The van der Waals surface area contributed by atoms with Crippen molar-refractivity contribution in [3.05, 3.63) is 66.8 Å². The third kappa shape index (κ3) is 8.59. The van der Waals surface area contributed by atoms with Gasteiger partial charge in [-0.15, -0.1) is 6.42 Å². The zero-order valence-electron chi connectivity index (χ0n) is 9.77. The predicted molar refractivity (Wildman–Crippen MR) is 73.9 cm³/mol. The molecule has 0 aromatic heterocycles. The summed E-state index contributed by atoms with van der Waals surface area (Å²) in [5.41, 5.74) is 1.17. The summed E-state index contributed by atoms with van der Waals surface area (Å²) < 4.78 is 0. The van der Waals surface area contributed by atoms with Crippen molar-refractivity contribution in [2.24, 2.45) is 0 Å². The highest BCUT2D eigenvalue weighted by molar-refractivity contribution is 5.45. The van der Waals surface area contributed by atoms with Crippen molar-refractivity contribution in [2.75, 3.05) is 0 Å². The van der Waals surface area contributed by atoms with Crippen LogP contribution in [0.4, 0.5) is 0 Å². The highest BCUT2D eigenvalue weighted by Crippen LogP contribution is 1.97. The Balaban J connectivity index is 0.000000281. The minimum Gasteiger partial charge on any atom is -0.115 e. The maximum absolute atomic E-state index is 4.94. The first-order valence-electron chi connectivity index (χ1n) is 5.30. The molecule has 0 unspecified atom stereocenters. The van der Waals surface area contributed by atoms with Crippen molar-refractivity contribution in [1.82, 2.24) is 0 Å². The van der Waals surface area contributed by atoms with Gasteiger partial charge in [-0.05, 0) is 18.1 Å². The second-order valence-corrected chi connectivity index (χ2v) is 2.98. The van der Waals surface area contributed by atoms with Crippen molar-refractivity contribution in [3.8, 4) is 12.3 Å². The first kappa shape index (κ1) is 14.0. The van der Waals surface area contributed by atoms with Crippen LogP contribution in [-0.4, -0.2) is 0 Å². The molecule has 0 bridgehead atoms. The van der Waals surface area contributed by atoms with Crippen LogP contribution in [0.15, 0.2) is 61.2 Å². The highest BCUT2D eigenvalue weighted by Gasteiger charge is 1.75. The second-order valence-electron chi connectivity index (χ2n) is 2.98. The van der Waals surface area contributed by atoms with E-state index in [-0.39, 0.29) is 0 Å². The fourth-order valence-electron chi connectivity index (χ4n) is 0.915. The minimum atomic E-state index is 1.06. The van der Waals surface area contributed by atoms with Gasteiger partial charge in [0.2, 0.25) is 0 Å². The van der Waals surface area contributed by atoms with Crippen LogP contribution in [0.2, 0.25) is 0 Å². The van der Waals surface area contributed by atoms with Crippen LogP contribution >= 0.6 is 0 Å². The first-order valence-corrected chi connectivity index (χ1v) is 5.30. The van der Waals surface area contributed by atoms with Gasteiger partial charge in [-0.2, -0.15) is 0 Å². The lowest BCUT2D eigenvalue weighted by Gasteiger charge is -1.85. The summed E-state index contributed by atoms with van der Waals surface area (Å²) in [4.78, 5) is 0. The molecule has 0 heteroatoms. The van der Waals surface area contributed by atoms with Crippen molar-refractivity contribution < 1.29 is 0 Å². The minimum absolute atomic E-state index is 1.06. The number of hydrogen-bond acceptors (Lipinski definition) is 0. The molecule has 1 rings (SSSR count). The fraction of sp³-hybridized carbons (Fsp3) is 0.125. The molecule has 0 fully saturated rings. The van der Waals surface area contributed by atoms with Gasteiger partial charge in [-0.25, -0.2) is 0 Å². The van der Waals surface area contributed by atoms with E-state index in [0.29, 0.717) is 0 Å². The number of benzene rings is 1. The highest BCUT2D eigenvalue weighted by atomic mass is 13.8. The number of terminal acetylenes is 1.